The molecular formula is C23H22N4O4. The molecule has 3 aliphatic rings. The third kappa shape index (κ3) is 2.78. The van der Waals surface area contributed by atoms with E-state index in [2.05, 4.69) is 17.3 Å². The zero-order valence-corrected chi connectivity index (χ0v) is 17.5. The summed E-state index contributed by atoms with van der Waals surface area (Å²) < 4.78 is 1.93. The lowest BCUT2D eigenvalue weighted by Gasteiger charge is -2.13. The number of fused-ring (bicyclic) bond motifs is 5. The van der Waals surface area contributed by atoms with Crippen molar-refractivity contribution in [3.8, 4) is 5.69 Å². The molecule has 8 nitrogen and oxygen atoms in total. The van der Waals surface area contributed by atoms with Gasteiger partial charge in [0.1, 0.15) is 0 Å². The van der Waals surface area contributed by atoms with Gasteiger partial charge in [-0.3, -0.25) is 19.7 Å². The van der Waals surface area contributed by atoms with Gasteiger partial charge < -0.3 is 4.57 Å². The van der Waals surface area contributed by atoms with Gasteiger partial charge in [0, 0.05) is 29.1 Å². The monoisotopic (exact) mass is 418 g/mol. The van der Waals surface area contributed by atoms with Crippen LogP contribution in [0.1, 0.15) is 28.9 Å². The summed E-state index contributed by atoms with van der Waals surface area (Å²) in [7, 11) is 0. The quantitative estimate of drug-likeness (QED) is 0.250. The van der Waals surface area contributed by atoms with E-state index in [-0.39, 0.29) is 41.2 Å². The maximum absolute atomic E-state index is 12.8. The molecule has 1 saturated carbocycles. The third-order valence-electron chi connectivity index (χ3n) is 6.87. The Morgan fingerprint density at radius 1 is 1.06 bits per heavy atom. The Balaban J connectivity index is 1.47. The summed E-state index contributed by atoms with van der Waals surface area (Å²) in [5, 5.41) is 16.5. The maximum atomic E-state index is 12.8. The van der Waals surface area contributed by atoms with Gasteiger partial charge in [-0.2, -0.15) is 10.1 Å². The Labute approximate surface area is 179 Å². The molecule has 2 bridgehead atoms. The van der Waals surface area contributed by atoms with E-state index in [0.717, 1.165) is 33.9 Å². The number of non-ortho nitro benzene ring substituents is 1. The van der Waals surface area contributed by atoms with Crippen molar-refractivity contribution in [1.82, 2.24) is 9.58 Å². The molecule has 0 unspecified atom stereocenters. The number of aromatic nitrogens is 1. The lowest BCUT2D eigenvalue weighted by Crippen LogP contribution is -2.28. The molecule has 1 aromatic heterocycles. The van der Waals surface area contributed by atoms with Crippen molar-refractivity contribution in [2.45, 2.75) is 27.2 Å². The number of hydrazone groups is 1. The van der Waals surface area contributed by atoms with E-state index in [1.807, 2.05) is 31.4 Å². The maximum Gasteiger partial charge on any atom is 0.271 e. The predicted molar refractivity (Wildman–Crippen MR) is 114 cm³/mol. The third-order valence-corrected chi connectivity index (χ3v) is 6.87. The number of carbonyl (C=O) groups excluding carboxylic acids is 2. The van der Waals surface area contributed by atoms with E-state index in [4.69, 9.17) is 0 Å². The van der Waals surface area contributed by atoms with Crippen molar-refractivity contribution < 1.29 is 14.5 Å². The number of imide groups is 1. The summed E-state index contributed by atoms with van der Waals surface area (Å²) >= 11 is 0. The van der Waals surface area contributed by atoms with E-state index < -0.39 is 4.92 Å². The molecule has 2 amide bonds. The highest BCUT2D eigenvalue weighted by Gasteiger charge is 2.59. The van der Waals surface area contributed by atoms with E-state index in [0.29, 0.717) is 5.69 Å². The van der Waals surface area contributed by atoms with Crippen LogP contribution in [0, 0.1) is 54.6 Å². The van der Waals surface area contributed by atoms with Gasteiger partial charge in [-0.05, 0) is 50.7 Å². The summed E-state index contributed by atoms with van der Waals surface area (Å²) in [4.78, 5) is 36.4. The fraction of sp³-hybridized carbons (Fsp3) is 0.348. The van der Waals surface area contributed by atoms with Crippen LogP contribution in [-0.4, -0.2) is 32.5 Å². The lowest BCUT2D eigenvalue weighted by molar-refractivity contribution is -0.384. The molecule has 2 fully saturated rings. The Bertz CT molecular complexity index is 1180. The fourth-order valence-electron chi connectivity index (χ4n) is 5.36. The lowest BCUT2D eigenvalue weighted by atomic mass is 9.85. The van der Waals surface area contributed by atoms with E-state index in [1.165, 1.54) is 12.3 Å². The summed E-state index contributed by atoms with van der Waals surface area (Å²) in [6, 6.07) is 6.66. The average molecular weight is 418 g/mol. The second-order valence-electron chi connectivity index (χ2n) is 8.62. The molecule has 5 rings (SSSR count). The van der Waals surface area contributed by atoms with Crippen molar-refractivity contribution in [2.75, 3.05) is 0 Å². The molecule has 4 atom stereocenters. The predicted octanol–water partition coefficient (Wildman–Crippen LogP) is 3.45. The standard InChI is InChI=1S/C23H22N4O4/c1-12-4-7-18(27(30)31)10-19(12)25-13(2)8-17(14(25)3)11-24-26-22(28)20-15-5-6-16(9-15)21(20)23(26)29/h4-8,10-11,15-16,20-21H,9H2,1-3H3/b24-11-/t15-,16-,20-,21+/m0/s1. The second kappa shape index (κ2) is 6.73. The fourth-order valence-corrected chi connectivity index (χ4v) is 5.36. The molecule has 2 heterocycles. The number of allylic oxidation sites excluding steroid dienone is 2. The molecule has 2 aliphatic carbocycles. The minimum Gasteiger partial charge on any atom is -0.317 e. The zero-order chi connectivity index (χ0) is 22.0. The van der Waals surface area contributed by atoms with Gasteiger partial charge in [0.05, 0.1) is 28.7 Å². The van der Waals surface area contributed by atoms with Gasteiger partial charge in [-0.25, -0.2) is 0 Å². The van der Waals surface area contributed by atoms with Crippen molar-refractivity contribution in [3.05, 3.63) is 69.0 Å². The first-order chi connectivity index (χ1) is 14.8. The molecule has 158 valence electrons. The Kier molecular flexibility index (Phi) is 4.22. The van der Waals surface area contributed by atoms with Crippen LogP contribution >= 0.6 is 0 Å². The highest BCUT2D eigenvalue weighted by Crippen LogP contribution is 2.52. The van der Waals surface area contributed by atoms with Gasteiger partial charge in [0.15, 0.2) is 0 Å². The van der Waals surface area contributed by atoms with E-state index in [9.17, 15) is 19.7 Å². The topological polar surface area (TPSA) is 97.8 Å². The molecular weight excluding hydrogens is 396 g/mol. The number of hydrogen-bond donors (Lipinski definition) is 0. The zero-order valence-electron chi connectivity index (χ0n) is 17.5. The van der Waals surface area contributed by atoms with Crippen molar-refractivity contribution in [2.24, 2.45) is 28.8 Å². The minimum atomic E-state index is -0.414. The first kappa shape index (κ1) is 19.4. The number of nitro benzene ring substituents is 1. The van der Waals surface area contributed by atoms with Crippen LogP contribution in [0.3, 0.4) is 0 Å². The number of aryl methyl sites for hydroxylation is 2. The molecule has 31 heavy (non-hydrogen) atoms. The molecule has 2 aromatic rings. The van der Waals surface area contributed by atoms with Crippen LogP contribution in [0.4, 0.5) is 5.69 Å². The van der Waals surface area contributed by atoms with Crippen LogP contribution in [0.15, 0.2) is 41.5 Å². The summed E-state index contributed by atoms with van der Waals surface area (Å²) in [6.45, 7) is 5.69. The Hall–Kier alpha value is -3.55. The number of carbonyl (C=O) groups is 2. The summed E-state index contributed by atoms with van der Waals surface area (Å²) in [5.41, 5.74) is 4.09. The normalized spacial score (nSPS) is 26.5. The molecule has 1 aliphatic heterocycles. The first-order valence-corrected chi connectivity index (χ1v) is 10.3. The average Bonchev–Trinajstić information content (AvgIpc) is 3.46. The van der Waals surface area contributed by atoms with Crippen LogP contribution in [0.2, 0.25) is 0 Å². The number of benzene rings is 1. The van der Waals surface area contributed by atoms with E-state index >= 15 is 0 Å². The number of rotatable bonds is 4. The van der Waals surface area contributed by atoms with Crippen molar-refractivity contribution in [1.29, 1.82) is 0 Å². The highest BCUT2D eigenvalue weighted by atomic mass is 16.6. The number of nitrogens with zero attached hydrogens (tertiary/aromatic N) is 4. The minimum absolute atomic E-state index is 0.0198. The Morgan fingerprint density at radius 3 is 2.32 bits per heavy atom. The van der Waals surface area contributed by atoms with Gasteiger partial charge >= 0.3 is 0 Å². The summed E-state index contributed by atoms with van der Waals surface area (Å²) in [5.74, 6) is -0.695. The van der Waals surface area contributed by atoms with Crippen molar-refractivity contribution >= 4 is 23.7 Å². The van der Waals surface area contributed by atoms with Crippen LogP contribution in [0.5, 0.6) is 0 Å². The SMILES string of the molecule is Cc1ccc([N+](=O)[O-])cc1-n1c(C)cc(/C=N\N2C(=O)[C@@H]3[C@H](C2=O)[C@H]2C=C[C@H]3C2)c1C. The van der Waals surface area contributed by atoms with Gasteiger partial charge in [0.25, 0.3) is 17.5 Å². The number of nitro groups is 1. The Morgan fingerprint density at radius 2 is 1.71 bits per heavy atom. The van der Waals surface area contributed by atoms with Crippen LogP contribution in [0.25, 0.3) is 5.69 Å². The van der Waals surface area contributed by atoms with Crippen molar-refractivity contribution in [3.63, 3.8) is 0 Å². The number of amides is 2. The molecule has 1 saturated heterocycles. The van der Waals surface area contributed by atoms with Crippen LogP contribution < -0.4 is 0 Å². The largest absolute Gasteiger partial charge is 0.317 e. The van der Waals surface area contributed by atoms with E-state index in [1.54, 1.807) is 12.1 Å². The van der Waals surface area contributed by atoms with Crippen LogP contribution in [-0.2, 0) is 9.59 Å². The molecule has 1 aromatic carbocycles. The molecule has 0 radical (unpaired) electrons. The number of hydrogen-bond acceptors (Lipinski definition) is 5. The van der Waals surface area contributed by atoms with Gasteiger partial charge in [-0.15, -0.1) is 0 Å². The van der Waals surface area contributed by atoms with Gasteiger partial charge in [-0.1, -0.05) is 18.2 Å². The molecule has 0 spiro atoms. The second-order valence-corrected chi connectivity index (χ2v) is 8.62. The molecule has 8 heteroatoms. The molecule has 0 N–H and O–H groups in total. The first-order valence-electron chi connectivity index (χ1n) is 10.3. The highest BCUT2D eigenvalue weighted by molar-refractivity contribution is 6.06. The summed E-state index contributed by atoms with van der Waals surface area (Å²) in [6.07, 6.45) is 6.53. The van der Waals surface area contributed by atoms with Gasteiger partial charge in [0.2, 0.25) is 0 Å². The smallest absolute Gasteiger partial charge is 0.271 e.